The molecule has 11 heteroatoms. The predicted octanol–water partition coefficient (Wildman–Crippen LogP) is 3.19. The lowest BCUT2D eigenvalue weighted by Crippen LogP contribution is -2.23. The van der Waals surface area contributed by atoms with Gasteiger partial charge in [0.2, 0.25) is 5.95 Å². The van der Waals surface area contributed by atoms with Crippen LogP contribution < -0.4 is 5.32 Å². The van der Waals surface area contributed by atoms with Gasteiger partial charge in [-0.3, -0.25) is 4.57 Å². The van der Waals surface area contributed by atoms with Crippen molar-refractivity contribution in [2.45, 2.75) is 31.5 Å². The van der Waals surface area contributed by atoms with Crippen LogP contribution in [0.5, 0.6) is 0 Å². The molecule has 0 atom stereocenters. The van der Waals surface area contributed by atoms with Crippen molar-refractivity contribution < 1.29 is 28.2 Å². The summed E-state index contributed by atoms with van der Waals surface area (Å²) in [5.41, 5.74) is -5.98. The zero-order valence-electron chi connectivity index (χ0n) is 13.4. The van der Waals surface area contributed by atoms with E-state index >= 15 is 0 Å². The van der Waals surface area contributed by atoms with Crippen LogP contribution >= 0.6 is 23.5 Å². The van der Waals surface area contributed by atoms with Gasteiger partial charge < -0.3 is 20.2 Å². The molecular formula is C14H17BrF2N3O4P. The second kappa shape index (κ2) is 6.85. The molecule has 0 spiro atoms. The van der Waals surface area contributed by atoms with E-state index in [-0.39, 0.29) is 15.9 Å². The molecule has 4 N–H and O–H groups in total. The minimum atomic E-state index is -5.69. The zero-order chi connectivity index (χ0) is 19.0. The Labute approximate surface area is 150 Å². The van der Waals surface area contributed by atoms with Gasteiger partial charge >= 0.3 is 13.3 Å². The Hall–Kier alpha value is -1.19. The number of hydrogen-bond donors (Lipinski definition) is 4. The summed E-state index contributed by atoms with van der Waals surface area (Å²) in [7, 11) is -5.69. The first kappa shape index (κ1) is 20.1. The van der Waals surface area contributed by atoms with Crippen LogP contribution in [-0.4, -0.2) is 37.0 Å². The van der Waals surface area contributed by atoms with Gasteiger partial charge in [0.05, 0.1) is 11.1 Å². The molecule has 0 amide bonds. The maximum atomic E-state index is 14.0. The molecule has 0 fully saturated rings. The molecule has 0 aliphatic rings. The summed E-state index contributed by atoms with van der Waals surface area (Å²) in [6.45, 7) is 3.64. The molecule has 0 unspecified atom stereocenters. The van der Waals surface area contributed by atoms with E-state index in [1.165, 1.54) is 12.3 Å². The van der Waals surface area contributed by atoms with E-state index in [1.807, 2.05) is 0 Å². The van der Waals surface area contributed by atoms with E-state index in [1.54, 1.807) is 13.8 Å². The summed E-state index contributed by atoms with van der Waals surface area (Å²) >= 11 is 2.91. The average Bonchev–Trinajstić information content (AvgIpc) is 2.44. The molecule has 0 aliphatic heterocycles. The standard InChI is InChI=1S/C14H17BrF2N3O4P/c1-13(2,21)3-4-18-12-19-7-8-5-10(15)9(6-11(8)20-12)14(16,17)25(22,23)24/h5-7,21H,3-4H2,1-2H3,(H,18,19,20)(H2,22,23,24). The third kappa shape index (κ3) is 4.71. The summed E-state index contributed by atoms with van der Waals surface area (Å²) in [5, 5.41) is 12.9. The lowest BCUT2D eigenvalue weighted by atomic mass is 10.1. The Balaban J connectivity index is 2.38. The summed E-state index contributed by atoms with van der Waals surface area (Å²) in [4.78, 5) is 26.0. The van der Waals surface area contributed by atoms with Gasteiger partial charge in [0.25, 0.3) is 0 Å². The van der Waals surface area contributed by atoms with Crippen molar-refractivity contribution in [3.05, 3.63) is 28.4 Å². The smallest absolute Gasteiger partial charge is 0.390 e. The van der Waals surface area contributed by atoms with Gasteiger partial charge in [0.15, 0.2) is 0 Å². The van der Waals surface area contributed by atoms with Crippen molar-refractivity contribution in [2.75, 3.05) is 11.9 Å². The Morgan fingerprint density at radius 1 is 1.32 bits per heavy atom. The Kier molecular flexibility index (Phi) is 5.51. The quantitative estimate of drug-likeness (QED) is 0.510. The normalized spacial score (nSPS) is 13.3. The highest BCUT2D eigenvalue weighted by molar-refractivity contribution is 9.10. The molecule has 2 aromatic rings. The largest absolute Gasteiger partial charge is 0.399 e. The Bertz CT molecular complexity index is 839. The van der Waals surface area contributed by atoms with E-state index in [0.717, 1.165) is 6.07 Å². The topological polar surface area (TPSA) is 116 Å². The maximum Gasteiger partial charge on any atom is 0.399 e. The summed E-state index contributed by atoms with van der Waals surface area (Å²) in [6.07, 6.45) is 1.81. The van der Waals surface area contributed by atoms with Crippen LogP contribution in [-0.2, 0) is 10.2 Å². The minimum absolute atomic E-state index is 0.104. The molecule has 7 nitrogen and oxygen atoms in total. The summed E-state index contributed by atoms with van der Waals surface area (Å²) in [6, 6.07) is 2.19. The molecule has 0 bridgehead atoms. The first-order chi connectivity index (χ1) is 11.3. The van der Waals surface area contributed by atoms with Gasteiger partial charge in [-0.15, -0.1) is 0 Å². The fourth-order valence-corrected chi connectivity index (χ4v) is 3.27. The Morgan fingerprint density at radius 3 is 2.52 bits per heavy atom. The molecule has 1 heterocycles. The number of aliphatic hydroxyl groups is 1. The third-order valence-corrected chi connectivity index (χ3v) is 5.01. The molecule has 138 valence electrons. The number of rotatable bonds is 6. The van der Waals surface area contributed by atoms with Crippen molar-refractivity contribution in [1.82, 2.24) is 9.97 Å². The van der Waals surface area contributed by atoms with Gasteiger partial charge in [-0.25, -0.2) is 9.97 Å². The van der Waals surface area contributed by atoms with Gasteiger partial charge in [0.1, 0.15) is 0 Å². The number of hydrogen-bond acceptors (Lipinski definition) is 5. The van der Waals surface area contributed by atoms with Crippen molar-refractivity contribution in [3.63, 3.8) is 0 Å². The van der Waals surface area contributed by atoms with Gasteiger partial charge in [-0.2, -0.15) is 8.78 Å². The van der Waals surface area contributed by atoms with Crippen LogP contribution in [0.25, 0.3) is 10.9 Å². The average molecular weight is 440 g/mol. The molecular weight excluding hydrogens is 423 g/mol. The fourth-order valence-electron chi connectivity index (χ4n) is 2.00. The first-order valence-corrected chi connectivity index (χ1v) is 9.58. The number of aromatic nitrogens is 2. The predicted molar refractivity (Wildman–Crippen MR) is 92.6 cm³/mol. The van der Waals surface area contributed by atoms with Crippen molar-refractivity contribution >= 4 is 40.4 Å². The molecule has 0 aliphatic carbocycles. The van der Waals surface area contributed by atoms with Crippen LogP contribution in [0.1, 0.15) is 25.8 Å². The van der Waals surface area contributed by atoms with Gasteiger partial charge in [-0.05, 0) is 32.4 Å². The number of nitrogens with zero attached hydrogens (tertiary/aromatic N) is 2. The monoisotopic (exact) mass is 439 g/mol. The zero-order valence-corrected chi connectivity index (χ0v) is 15.9. The fraction of sp³-hybridized carbons (Fsp3) is 0.429. The van der Waals surface area contributed by atoms with Crippen molar-refractivity contribution in [2.24, 2.45) is 0 Å². The highest BCUT2D eigenvalue weighted by atomic mass is 79.9. The number of alkyl halides is 2. The Morgan fingerprint density at radius 2 is 1.96 bits per heavy atom. The van der Waals surface area contributed by atoms with Crippen LogP contribution in [0.3, 0.4) is 0 Å². The van der Waals surface area contributed by atoms with Crippen LogP contribution in [0.15, 0.2) is 22.8 Å². The molecule has 1 aromatic carbocycles. The second-order valence-corrected chi connectivity index (χ2v) is 8.66. The number of fused-ring (bicyclic) bond motifs is 1. The second-order valence-electron chi connectivity index (χ2n) is 6.16. The SMILES string of the molecule is CC(C)(O)CCNc1ncc2cc(Br)c(C(F)(F)P(=O)(O)O)cc2n1. The van der Waals surface area contributed by atoms with E-state index < -0.39 is 24.4 Å². The van der Waals surface area contributed by atoms with Crippen molar-refractivity contribution in [1.29, 1.82) is 0 Å². The van der Waals surface area contributed by atoms with E-state index in [0.29, 0.717) is 18.4 Å². The van der Waals surface area contributed by atoms with Gasteiger partial charge in [-0.1, -0.05) is 15.9 Å². The number of halogens is 3. The number of benzene rings is 1. The number of nitrogens with one attached hydrogen (secondary N) is 1. The molecule has 0 radical (unpaired) electrons. The van der Waals surface area contributed by atoms with Crippen LogP contribution in [0, 0.1) is 0 Å². The van der Waals surface area contributed by atoms with E-state index in [9.17, 15) is 18.5 Å². The number of anilines is 1. The van der Waals surface area contributed by atoms with E-state index in [4.69, 9.17) is 9.79 Å². The van der Waals surface area contributed by atoms with Crippen LogP contribution in [0.2, 0.25) is 0 Å². The minimum Gasteiger partial charge on any atom is -0.390 e. The van der Waals surface area contributed by atoms with Crippen LogP contribution in [0.4, 0.5) is 14.7 Å². The third-order valence-electron chi connectivity index (χ3n) is 3.38. The lowest BCUT2D eigenvalue weighted by Gasteiger charge is -2.20. The summed E-state index contributed by atoms with van der Waals surface area (Å²) in [5.74, 6) is 0.157. The molecule has 1 aromatic heterocycles. The first-order valence-electron chi connectivity index (χ1n) is 7.18. The molecule has 2 rings (SSSR count). The molecule has 0 saturated carbocycles. The summed E-state index contributed by atoms with van der Waals surface area (Å²) < 4.78 is 39.0. The highest BCUT2D eigenvalue weighted by Gasteiger charge is 2.51. The lowest BCUT2D eigenvalue weighted by molar-refractivity contribution is 0.0558. The van der Waals surface area contributed by atoms with Crippen molar-refractivity contribution in [3.8, 4) is 0 Å². The molecule has 25 heavy (non-hydrogen) atoms. The van der Waals surface area contributed by atoms with Gasteiger partial charge in [0, 0.05) is 28.2 Å². The van der Waals surface area contributed by atoms with E-state index in [2.05, 4.69) is 31.2 Å². The highest BCUT2D eigenvalue weighted by Crippen LogP contribution is 2.60. The molecule has 0 saturated heterocycles. The maximum absolute atomic E-state index is 14.0.